The maximum Gasteiger partial charge on any atom is 0.266 e. The van der Waals surface area contributed by atoms with E-state index in [1.165, 1.54) is 6.08 Å². The summed E-state index contributed by atoms with van der Waals surface area (Å²) in [5.74, 6) is 2.04. The van der Waals surface area contributed by atoms with Crippen molar-refractivity contribution in [2.75, 3.05) is 25.6 Å². The van der Waals surface area contributed by atoms with Crippen LogP contribution in [0.4, 0.5) is 5.69 Å². The molecule has 0 saturated carbocycles. The first-order valence-corrected chi connectivity index (χ1v) is 14.4. The van der Waals surface area contributed by atoms with Gasteiger partial charge in [-0.25, -0.2) is 0 Å². The Labute approximate surface area is 262 Å². The Hall–Kier alpha value is -5.13. The van der Waals surface area contributed by atoms with Crippen molar-refractivity contribution >= 4 is 29.3 Å². The van der Waals surface area contributed by atoms with Gasteiger partial charge in [-0.2, -0.15) is 5.26 Å². The van der Waals surface area contributed by atoms with Crippen LogP contribution in [-0.4, -0.2) is 26.2 Å². The lowest BCUT2D eigenvalue weighted by Crippen LogP contribution is -2.13. The van der Waals surface area contributed by atoms with Crippen LogP contribution >= 0.6 is 11.6 Å². The number of carbonyl (C=O) groups excluding carboxylic acids is 1. The Morgan fingerprint density at radius 1 is 0.818 bits per heavy atom. The minimum atomic E-state index is -0.559. The normalized spacial score (nSPS) is 10.8. The molecule has 9 heteroatoms. The molecular formula is C35H33ClN2O6. The number of hydrogen-bond acceptors (Lipinski definition) is 7. The molecule has 0 aliphatic rings. The molecule has 0 fully saturated rings. The third-order valence-electron chi connectivity index (χ3n) is 6.28. The van der Waals surface area contributed by atoms with E-state index in [-0.39, 0.29) is 17.2 Å². The largest absolute Gasteiger partial charge is 0.494 e. The number of amides is 1. The van der Waals surface area contributed by atoms with Crippen LogP contribution in [0, 0.1) is 11.3 Å². The van der Waals surface area contributed by atoms with Gasteiger partial charge in [0.05, 0.1) is 25.3 Å². The lowest BCUT2D eigenvalue weighted by Gasteiger charge is -2.16. The van der Waals surface area contributed by atoms with Gasteiger partial charge in [0.15, 0.2) is 23.0 Å². The minimum Gasteiger partial charge on any atom is -0.494 e. The summed E-state index contributed by atoms with van der Waals surface area (Å²) in [5.41, 5.74) is 2.81. The molecule has 4 aromatic rings. The van der Waals surface area contributed by atoms with E-state index in [9.17, 15) is 10.1 Å². The maximum absolute atomic E-state index is 12.8. The topological polar surface area (TPSA) is 99.0 Å². The molecule has 0 heterocycles. The van der Waals surface area contributed by atoms with Crippen LogP contribution in [0.15, 0.2) is 90.5 Å². The van der Waals surface area contributed by atoms with Gasteiger partial charge < -0.3 is 29.0 Å². The molecular weight excluding hydrogens is 580 g/mol. The van der Waals surface area contributed by atoms with E-state index in [0.29, 0.717) is 59.8 Å². The van der Waals surface area contributed by atoms with Crippen LogP contribution in [0.5, 0.6) is 28.7 Å². The van der Waals surface area contributed by atoms with Crippen LogP contribution in [0.2, 0.25) is 5.02 Å². The summed E-state index contributed by atoms with van der Waals surface area (Å²) in [7, 11) is 1.58. The third kappa shape index (κ3) is 8.69. The fourth-order valence-electron chi connectivity index (χ4n) is 4.20. The lowest BCUT2D eigenvalue weighted by atomic mass is 10.1. The molecule has 0 bridgehead atoms. The first kappa shape index (κ1) is 31.8. The highest BCUT2D eigenvalue weighted by Gasteiger charge is 2.16. The lowest BCUT2D eigenvalue weighted by molar-refractivity contribution is -0.112. The van der Waals surface area contributed by atoms with Gasteiger partial charge in [0.1, 0.15) is 30.6 Å². The van der Waals surface area contributed by atoms with E-state index >= 15 is 0 Å². The van der Waals surface area contributed by atoms with Gasteiger partial charge in [0.25, 0.3) is 5.91 Å². The average molecular weight is 613 g/mol. The van der Waals surface area contributed by atoms with E-state index in [0.717, 1.165) is 11.1 Å². The molecule has 8 nitrogen and oxygen atoms in total. The van der Waals surface area contributed by atoms with E-state index < -0.39 is 5.91 Å². The van der Waals surface area contributed by atoms with E-state index in [1.54, 1.807) is 43.5 Å². The fraction of sp³-hybridized carbons (Fsp3) is 0.200. The van der Waals surface area contributed by atoms with Crippen molar-refractivity contribution in [3.8, 4) is 34.8 Å². The quantitative estimate of drug-likeness (QED) is 0.114. The smallest absolute Gasteiger partial charge is 0.266 e. The summed E-state index contributed by atoms with van der Waals surface area (Å²) in [6.45, 7) is 5.21. The molecule has 0 aliphatic carbocycles. The van der Waals surface area contributed by atoms with Gasteiger partial charge in [-0.3, -0.25) is 4.79 Å². The van der Waals surface area contributed by atoms with Crippen LogP contribution in [-0.2, 0) is 18.0 Å². The summed E-state index contributed by atoms with van der Waals surface area (Å²) in [4.78, 5) is 12.8. The predicted molar refractivity (Wildman–Crippen MR) is 171 cm³/mol. The highest BCUT2D eigenvalue weighted by atomic mass is 35.5. The van der Waals surface area contributed by atoms with Crippen molar-refractivity contribution in [2.45, 2.75) is 27.1 Å². The van der Waals surface area contributed by atoms with Crippen LogP contribution in [0.1, 0.15) is 30.5 Å². The van der Waals surface area contributed by atoms with Crippen molar-refractivity contribution in [3.05, 3.63) is 112 Å². The molecule has 4 aromatic carbocycles. The molecule has 0 spiro atoms. The average Bonchev–Trinajstić information content (AvgIpc) is 3.04. The molecule has 44 heavy (non-hydrogen) atoms. The minimum absolute atomic E-state index is 0.104. The van der Waals surface area contributed by atoms with Gasteiger partial charge >= 0.3 is 0 Å². The second kappa shape index (κ2) is 15.9. The zero-order valence-electron chi connectivity index (χ0n) is 24.8. The number of anilines is 1. The molecule has 0 radical (unpaired) electrons. The Kier molecular flexibility index (Phi) is 11.5. The molecule has 0 atom stereocenters. The van der Waals surface area contributed by atoms with Crippen molar-refractivity contribution in [1.29, 1.82) is 5.26 Å². The van der Waals surface area contributed by atoms with Gasteiger partial charge in [-0.05, 0) is 85.1 Å². The molecule has 0 aromatic heterocycles. The number of rotatable bonds is 14. The monoisotopic (exact) mass is 612 g/mol. The standard InChI is InChI=1S/C35H33ClN2O6/c1-4-41-29-14-12-28(13-15-29)38-35(39)27(21-37)17-26-18-30(36)34(33(20-26)42-5-2)44-23-25-11-16-31(32(19-25)40-3)43-22-24-9-7-6-8-10-24/h6-20H,4-5,22-23H2,1-3H3,(H,38,39)/b27-17+. The second-order valence-corrected chi connectivity index (χ2v) is 9.80. The number of nitriles is 1. The number of carbonyl (C=O) groups is 1. The predicted octanol–water partition coefficient (Wildman–Crippen LogP) is 7.85. The summed E-state index contributed by atoms with van der Waals surface area (Å²) >= 11 is 6.62. The van der Waals surface area contributed by atoms with E-state index in [1.807, 2.05) is 68.4 Å². The van der Waals surface area contributed by atoms with Crippen LogP contribution in [0.3, 0.4) is 0 Å². The number of ether oxygens (including phenoxy) is 5. The molecule has 0 unspecified atom stereocenters. The van der Waals surface area contributed by atoms with Gasteiger partial charge in [0, 0.05) is 5.69 Å². The number of nitrogens with one attached hydrogen (secondary N) is 1. The molecule has 1 N–H and O–H groups in total. The van der Waals surface area contributed by atoms with Gasteiger partial charge in [0.2, 0.25) is 0 Å². The van der Waals surface area contributed by atoms with E-state index in [2.05, 4.69) is 5.32 Å². The second-order valence-electron chi connectivity index (χ2n) is 9.39. The zero-order chi connectivity index (χ0) is 31.3. The fourth-order valence-corrected chi connectivity index (χ4v) is 4.47. The summed E-state index contributed by atoms with van der Waals surface area (Å²) in [6, 6.07) is 27.6. The summed E-state index contributed by atoms with van der Waals surface area (Å²) < 4.78 is 28.8. The zero-order valence-corrected chi connectivity index (χ0v) is 25.5. The number of hydrogen-bond donors (Lipinski definition) is 1. The van der Waals surface area contributed by atoms with E-state index in [4.69, 9.17) is 35.3 Å². The van der Waals surface area contributed by atoms with Crippen molar-refractivity contribution < 1.29 is 28.5 Å². The Morgan fingerprint density at radius 3 is 2.23 bits per heavy atom. The first-order chi connectivity index (χ1) is 21.4. The SMILES string of the molecule is CCOc1ccc(NC(=O)/C(C#N)=C/c2cc(Cl)c(OCc3ccc(OCc4ccccc4)c(OC)c3)c(OCC)c2)cc1. The Morgan fingerprint density at radius 2 is 1.55 bits per heavy atom. The Balaban J connectivity index is 1.47. The number of nitrogens with zero attached hydrogens (tertiary/aromatic N) is 1. The molecule has 4 rings (SSSR count). The van der Waals surface area contributed by atoms with Crippen molar-refractivity contribution in [1.82, 2.24) is 0 Å². The highest BCUT2D eigenvalue weighted by Crippen LogP contribution is 2.38. The number of halogens is 1. The molecule has 226 valence electrons. The van der Waals surface area contributed by atoms with Crippen LogP contribution < -0.4 is 29.0 Å². The molecule has 0 saturated heterocycles. The molecule has 1 amide bonds. The third-order valence-corrected chi connectivity index (χ3v) is 6.56. The van der Waals surface area contributed by atoms with Crippen LogP contribution in [0.25, 0.3) is 6.08 Å². The van der Waals surface area contributed by atoms with Gasteiger partial charge in [-0.1, -0.05) is 48.0 Å². The summed E-state index contributed by atoms with van der Waals surface area (Å²) in [6.07, 6.45) is 1.45. The maximum atomic E-state index is 12.8. The Bertz CT molecular complexity index is 1630. The number of methoxy groups -OCH3 is 1. The first-order valence-electron chi connectivity index (χ1n) is 14.0. The molecule has 0 aliphatic heterocycles. The van der Waals surface area contributed by atoms with Crippen molar-refractivity contribution in [3.63, 3.8) is 0 Å². The van der Waals surface area contributed by atoms with Gasteiger partial charge in [-0.15, -0.1) is 0 Å². The number of benzene rings is 4. The summed E-state index contributed by atoms with van der Waals surface area (Å²) in [5, 5.41) is 12.7. The highest BCUT2D eigenvalue weighted by molar-refractivity contribution is 6.32. The van der Waals surface area contributed by atoms with Crippen molar-refractivity contribution in [2.24, 2.45) is 0 Å².